The van der Waals surface area contributed by atoms with E-state index < -0.39 is 11.6 Å². The third kappa shape index (κ3) is 1.93. The van der Waals surface area contributed by atoms with E-state index in [2.05, 4.69) is 10.9 Å². The van der Waals surface area contributed by atoms with Gasteiger partial charge in [-0.25, -0.2) is 13.8 Å². The lowest BCUT2D eigenvalue weighted by Gasteiger charge is -2.03. The number of benzene rings is 1. The maximum absolute atomic E-state index is 13.2. The molecular formula is C13H11F2N3. The average Bonchev–Trinajstić information content (AvgIpc) is 2.61. The molecule has 92 valence electrons. The monoisotopic (exact) mass is 247 g/mol. The lowest BCUT2D eigenvalue weighted by molar-refractivity contribution is 0.509. The Morgan fingerprint density at radius 3 is 2.72 bits per heavy atom. The summed E-state index contributed by atoms with van der Waals surface area (Å²) in [6, 6.07) is 3.53. The van der Waals surface area contributed by atoms with Crippen molar-refractivity contribution in [3.05, 3.63) is 35.7 Å². The Balaban J connectivity index is 2.55. The van der Waals surface area contributed by atoms with Gasteiger partial charge in [0.2, 0.25) is 0 Å². The van der Waals surface area contributed by atoms with Gasteiger partial charge in [-0.05, 0) is 25.1 Å². The van der Waals surface area contributed by atoms with Crippen molar-refractivity contribution in [2.45, 2.75) is 13.5 Å². The SMILES string of the molecule is C#CCn1c(C)nc(-c2ccc(F)c(F)c2)c1N. The van der Waals surface area contributed by atoms with E-state index in [0.717, 1.165) is 12.1 Å². The molecule has 0 aliphatic rings. The molecule has 2 aromatic rings. The molecule has 0 atom stereocenters. The molecule has 0 unspecified atom stereocenters. The van der Waals surface area contributed by atoms with Gasteiger partial charge in [0.15, 0.2) is 11.6 Å². The van der Waals surface area contributed by atoms with E-state index in [1.165, 1.54) is 6.07 Å². The summed E-state index contributed by atoms with van der Waals surface area (Å²) in [6.07, 6.45) is 5.23. The second-order valence-electron chi connectivity index (χ2n) is 3.81. The Kier molecular flexibility index (Phi) is 3.02. The van der Waals surface area contributed by atoms with Crippen LogP contribution < -0.4 is 5.73 Å². The molecule has 0 bridgehead atoms. The van der Waals surface area contributed by atoms with Crippen LogP contribution in [-0.2, 0) is 6.54 Å². The van der Waals surface area contributed by atoms with E-state index >= 15 is 0 Å². The van der Waals surface area contributed by atoms with Crippen LogP contribution >= 0.6 is 0 Å². The zero-order valence-electron chi connectivity index (χ0n) is 9.74. The Morgan fingerprint density at radius 1 is 1.39 bits per heavy atom. The third-order valence-corrected chi connectivity index (χ3v) is 2.64. The summed E-state index contributed by atoms with van der Waals surface area (Å²) in [6.45, 7) is 2.03. The lowest BCUT2D eigenvalue weighted by atomic mass is 10.1. The van der Waals surface area contributed by atoms with Crippen molar-refractivity contribution in [2.24, 2.45) is 0 Å². The number of aromatic nitrogens is 2. The Morgan fingerprint density at radius 2 is 2.11 bits per heavy atom. The molecule has 18 heavy (non-hydrogen) atoms. The molecule has 0 spiro atoms. The molecule has 5 heteroatoms. The first-order valence-electron chi connectivity index (χ1n) is 5.26. The molecule has 0 radical (unpaired) electrons. The minimum Gasteiger partial charge on any atom is -0.383 e. The summed E-state index contributed by atoms with van der Waals surface area (Å²) in [5.41, 5.74) is 6.72. The highest BCUT2D eigenvalue weighted by molar-refractivity contribution is 5.71. The zero-order valence-corrected chi connectivity index (χ0v) is 9.74. The quantitative estimate of drug-likeness (QED) is 0.828. The smallest absolute Gasteiger partial charge is 0.159 e. The largest absolute Gasteiger partial charge is 0.383 e. The first kappa shape index (κ1) is 12.1. The van der Waals surface area contributed by atoms with Crippen molar-refractivity contribution >= 4 is 5.82 Å². The summed E-state index contributed by atoms with van der Waals surface area (Å²) in [5.74, 6) is 1.59. The maximum Gasteiger partial charge on any atom is 0.159 e. The number of terminal acetylenes is 1. The fourth-order valence-corrected chi connectivity index (χ4v) is 1.73. The van der Waals surface area contributed by atoms with E-state index in [-0.39, 0.29) is 6.54 Å². The minimum atomic E-state index is -0.934. The molecule has 0 saturated heterocycles. The van der Waals surface area contributed by atoms with Gasteiger partial charge < -0.3 is 10.3 Å². The molecule has 1 aromatic heterocycles. The van der Waals surface area contributed by atoms with Gasteiger partial charge in [0.1, 0.15) is 17.3 Å². The molecule has 0 aliphatic carbocycles. The number of nitrogens with zero attached hydrogens (tertiary/aromatic N) is 2. The number of halogens is 2. The van der Waals surface area contributed by atoms with E-state index in [0.29, 0.717) is 22.9 Å². The first-order chi connectivity index (χ1) is 8.54. The molecule has 0 amide bonds. The summed E-state index contributed by atoms with van der Waals surface area (Å²) >= 11 is 0. The van der Waals surface area contributed by atoms with Crippen LogP contribution in [0.2, 0.25) is 0 Å². The number of hydrogen-bond acceptors (Lipinski definition) is 2. The topological polar surface area (TPSA) is 43.8 Å². The van der Waals surface area contributed by atoms with Gasteiger partial charge in [0.05, 0.1) is 6.54 Å². The van der Waals surface area contributed by atoms with Crippen LogP contribution in [-0.4, -0.2) is 9.55 Å². The van der Waals surface area contributed by atoms with Crippen LogP contribution in [0.25, 0.3) is 11.3 Å². The van der Waals surface area contributed by atoms with Crippen molar-refractivity contribution in [1.82, 2.24) is 9.55 Å². The van der Waals surface area contributed by atoms with E-state index in [4.69, 9.17) is 12.2 Å². The van der Waals surface area contributed by atoms with Crippen LogP contribution in [0, 0.1) is 30.9 Å². The minimum absolute atomic E-state index is 0.286. The normalized spacial score (nSPS) is 10.3. The number of hydrogen-bond donors (Lipinski definition) is 1. The van der Waals surface area contributed by atoms with Crippen molar-refractivity contribution in [1.29, 1.82) is 0 Å². The summed E-state index contributed by atoms with van der Waals surface area (Å²) in [4.78, 5) is 4.22. The predicted molar refractivity (Wildman–Crippen MR) is 65.6 cm³/mol. The summed E-state index contributed by atoms with van der Waals surface area (Å²) in [7, 11) is 0. The van der Waals surface area contributed by atoms with Crippen LogP contribution in [0.3, 0.4) is 0 Å². The second kappa shape index (κ2) is 4.49. The van der Waals surface area contributed by atoms with Crippen molar-refractivity contribution in [3.63, 3.8) is 0 Å². The van der Waals surface area contributed by atoms with Crippen molar-refractivity contribution < 1.29 is 8.78 Å². The Hall–Kier alpha value is -2.35. The predicted octanol–water partition coefficient (Wildman–Crippen LogP) is 2.35. The molecule has 1 heterocycles. The second-order valence-corrected chi connectivity index (χ2v) is 3.81. The number of imidazole rings is 1. The van der Waals surface area contributed by atoms with Gasteiger partial charge in [-0.3, -0.25) is 0 Å². The highest BCUT2D eigenvalue weighted by Crippen LogP contribution is 2.27. The number of aryl methyl sites for hydroxylation is 1. The Labute approximate surface area is 103 Å². The van der Waals surface area contributed by atoms with Crippen LogP contribution in [0.15, 0.2) is 18.2 Å². The molecule has 2 N–H and O–H groups in total. The van der Waals surface area contributed by atoms with Crippen LogP contribution in [0.5, 0.6) is 0 Å². The molecule has 0 fully saturated rings. The van der Waals surface area contributed by atoms with Crippen LogP contribution in [0.4, 0.5) is 14.6 Å². The summed E-state index contributed by atoms with van der Waals surface area (Å²) < 4.78 is 27.7. The van der Waals surface area contributed by atoms with Gasteiger partial charge in [-0.2, -0.15) is 0 Å². The van der Waals surface area contributed by atoms with Gasteiger partial charge in [-0.15, -0.1) is 6.42 Å². The molecule has 2 rings (SSSR count). The highest BCUT2D eigenvalue weighted by atomic mass is 19.2. The van der Waals surface area contributed by atoms with E-state index in [1.807, 2.05) is 0 Å². The first-order valence-corrected chi connectivity index (χ1v) is 5.26. The average molecular weight is 247 g/mol. The van der Waals surface area contributed by atoms with Crippen LogP contribution in [0.1, 0.15) is 5.82 Å². The molecule has 0 aliphatic heterocycles. The fraction of sp³-hybridized carbons (Fsp3) is 0.154. The maximum atomic E-state index is 13.2. The van der Waals surface area contributed by atoms with E-state index in [9.17, 15) is 8.78 Å². The lowest BCUT2D eigenvalue weighted by Crippen LogP contribution is -2.03. The number of anilines is 1. The van der Waals surface area contributed by atoms with Crippen molar-refractivity contribution in [3.8, 4) is 23.6 Å². The Bertz CT molecular complexity index is 638. The highest BCUT2D eigenvalue weighted by Gasteiger charge is 2.14. The van der Waals surface area contributed by atoms with Gasteiger partial charge in [-0.1, -0.05) is 5.92 Å². The molecule has 1 aromatic carbocycles. The number of rotatable bonds is 2. The number of nitrogen functional groups attached to an aromatic ring is 1. The van der Waals surface area contributed by atoms with Gasteiger partial charge >= 0.3 is 0 Å². The molecular weight excluding hydrogens is 236 g/mol. The van der Waals surface area contributed by atoms with Gasteiger partial charge in [0, 0.05) is 5.56 Å². The third-order valence-electron chi connectivity index (χ3n) is 2.64. The van der Waals surface area contributed by atoms with E-state index in [1.54, 1.807) is 11.5 Å². The number of nitrogens with two attached hydrogens (primary N) is 1. The molecule has 3 nitrogen and oxygen atoms in total. The summed E-state index contributed by atoms with van der Waals surface area (Å²) in [5, 5.41) is 0. The standard InChI is InChI=1S/C13H11F2N3/c1-3-6-18-8(2)17-12(13(18)16)9-4-5-10(14)11(15)7-9/h1,4-5,7H,6,16H2,2H3. The molecule has 0 saturated carbocycles. The zero-order chi connectivity index (χ0) is 13.3. The van der Waals surface area contributed by atoms with Gasteiger partial charge in [0.25, 0.3) is 0 Å². The van der Waals surface area contributed by atoms with Crippen molar-refractivity contribution in [2.75, 3.05) is 5.73 Å². The fourth-order valence-electron chi connectivity index (χ4n) is 1.73.